The summed E-state index contributed by atoms with van der Waals surface area (Å²) in [7, 11) is 3.89. The maximum atomic E-state index is 5.46. The molecule has 4 heteroatoms. The Kier molecular flexibility index (Phi) is 4.77. The van der Waals surface area contributed by atoms with Crippen molar-refractivity contribution in [3.8, 4) is 5.75 Å². The predicted octanol–water partition coefficient (Wildman–Crippen LogP) is 1.89. The highest BCUT2D eigenvalue weighted by Gasteiger charge is 2.17. The van der Waals surface area contributed by atoms with Crippen LogP contribution in [-0.4, -0.2) is 43.2 Å². The quantitative estimate of drug-likeness (QED) is 0.880. The minimum atomic E-state index is 0.637. The number of pyridine rings is 1. The van der Waals surface area contributed by atoms with E-state index >= 15 is 0 Å². The highest BCUT2D eigenvalue weighted by Crippen LogP contribution is 2.24. The molecule has 1 aromatic rings. The molecule has 0 spiro atoms. The fourth-order valence-electron chi connectivity index (χ4n) is 2.84. The van der Waals surface area contributed by atoms with Crippen molar-refractivity contribution in [3.05, 3.63) is 23.0 Å². The zero-order chi connectivity index (χ0) is 13.8. The molecule has 1 unspecified atom stereocenters. The van der Waals surface area contributed by atoms with Crippen molar-refractivity contribution in [3.63, 3.8) is 0 Å². The van der Waals surface area contributed by atoms with Crippen molar-refractivity contribution in [1.82, 2.24) is 15.2 Å². The molecule has 0 saturated carbocycles. The number of aromatic nitrogens is 1. The number of likely N-dealkylation sites (N-methyl/N-ethyl adjacent to an activating group) is 1. The molecule has 1 N–H and O–H groups in total. The van der Waals surface area contributed by atoms with E-state index < -0.39 is 0 Å². The van der Waals surface area contributed by atoms with Crippen molar-refractivity contribution in [2.45, 2.75) is 39.3 Å². The molecule has 106 valence electrons. The molecule has 19 heavy (non-hydrogen) atoms. The molecule has 1 atom stereocenters. The first kappa shape index (κ1) is 14.3. The summed E-state index contributed by atoms with van der Waals surface area (Å²) in [6.07, 6.45) is 4.49. The predicted molar refractivity (Wildman–Crippen MR) is 77.6 cm³/mol. The third kappa shape index (κ3) is 3.45. The minimum Gasteiger partial charge on any atom is -0.496 e. The average Bonchev–Trinajstić information content (AvgIpc) is 2.86. The Bertz CT molecular complexity index is 428. The van der Waals surface area contributed by atoms with Gasteiger partial charge in [0.15, 0.2) is 0 Å². The number of nitrogens with zero attached hydrogens (tertiary/aromatic N) is 2. The smallest absolute Gasteiger partial charge is 0.128 e. The SMILES string of the molecule is COc1c(C)cnc(CN(C)CC2CCCN2)c1C. The van der Waals surface area contributed by atoms with Crippen LogP contribution in [-0.2, 0) is 6.54 Å². The van der Waals surface area contributed by atoms with E-state index in [0.29, 0.717) is 6.04 Å². The van der Waals surface area contributed by atoms with Gasteiger partial charge >= 0.3 is 0 Å². The van der Waals surface area contributed by atoms with E-state index in [2.05, 4.69) is 29.2 Å². The van der Waals surface area contributed by atoms with E-state index in [-0.39, 0.29) is 0 Å². The van der Waals surface area contributed by atoms with E-state index in [1.807, 2.05) is 13.1 Å². The van der Waals surface area contributed by atoms with E-state index in [4.69, 9.17) is 4.74 Å². The number of nitrogens with one attached hydrogen (secondary N) is 1. The highest BCUT2D eigenvalue weighted by atomic mass is 16.5. The molecule has 0 amide bonds. The van der Waals surface area contributed by atoms with Gasteiger partial charge in [-0.05, 0) is 40.3 Å². The van der Waals surface area contributed by atoms with Gasteiger partial charge in [-0.25, -0.2) is 0 Å². The number of hydrogen-bond acceptors (Lipinski definition) is 4. The average molecular weight is 263 g/mol. The Balaban J connectivity index is 2.01. The second kappa shape index (κ2) is 6.35. The maximum absolute atomic E-state index is 5.46. The van der Waals surface area contributed by atoms with E-state index in [1.165, 1.54) is 12.8 Å². The van der Waals surface area contributed by atoms with Crippen LogP contribution in [0, 0.1) is 13.8 Å². The van der Waals surface area contributed by atoms with Crippen molar-refractivity contribution in [2.75, 3.05) is 27.2 Å². The molecule has 0 aromatic carbocycles. The lowest BCUT2D eigenvalue weighted by Crippen LogP contribution is -2.35. The standard InChI is InChI=1S/C15H25N3O/c1-11-8-17-14(12(2)15(11)19-4)10-18(3)9-13-6-5-7-16-13/h8,13,16H,5-7,9-10H2,1-4H3. The molecule has 1 aliphatic heterocycles. The molecule has 4 nitrogen and oxygen atoms in total. The van der Waals surface area contributed by atoms with E-state index in [1.54, 1.807) is 7.11 Å². The number of aryl methyl sites for hydroxylation is 1. The Labute approximate surface area is 116 Å². The fourth-order valence-corrected chi connectivity index (χ4v) is 2.84. The van der Waals surface area contributed by atoms with Crippen LogP contribution in [0.4, 0.5) is 0 Å². The van der Waals surface area contributed by atoms with Crippen LogP contribution in [0.5, 0.6) is 5.75 Å². The first-order chi connectivity index (χ1) is 9.11. The second-order valence-electron chi connectivity index (χ2n) is 5.54. The van der Waals surface area contributed by atoms with Crippen LogP contribution in [0.15, 0.2) is 6.20 Å². The lowest BCUT2D eigenvalue weighted by Gasteiger charge is -2.22. The van der Waals surface area contributed by atoms with Crippen LogP contribution < -0.4 is 10.1 Å². The van der Waals surface area contributed by atoms with Gasteiger partial charge in [0.2, 0.25) is 0 Å². The molecule has 2 heterocycles. The molecule has 1 aliphatic rings. The van der Waals surface area contributed by atoms with Crippen LogP contribution in [0.3, 0.4) is 0 Å². The topological polar surface area (TPSA) is 37.4 Å². The van der Waals surface area contributed by atoms with Crippen molar-refractivity contribution < 1.29 is 4.74 Å². The summed E-state index contributed by atoms with van der Waals surface area (Å²) in [5, 5.41) is 3.53. The molecular weight excluding hydrogens is 238 g/mol. The first-order valence-electron chi connectivity index (χ1n) is 7.02. The molecule has 1 aromatic heterocycles. The van der Waals surface area contributed by atoms with E-state index in [0.717, 1.165) is 42.2 Å². The van der Waals surface area contributed by atoms with Crippen LogP contribution in [0.1, 0.15) is 29.7 Å². The van der Waals surface area contributed by atoms with Crippen molar-refractivity contribution in [2.24, 2.45) is 0 Å². The summed E-state index contributed by atoms with van der Waals surface area (Å²) in [6, 6.07) is 0.637. The third-order valence-corrected chi connectivity index (χ3v) is 3.86. The molecule has 1 saturated heterocycles. The zero-order valence-corrected chi connectivity index (χ0v) is 12.5. The van der Waals surface area contributed by atoms with Gasteiger partial charge in [-0.15, -0.1) is 0 Å². The minimum absolute atomic E-state index is 0.637. The Hall–Kier alpha value is -1.13. The van der Waals surface area contributed by atoms with E-state index in [9.17, 15) is 0 Å². The summed E-state index contributed by atoms with van der Waals surface area (Å²) in [5.74, 6) is 0.970. The van der Waals surface area contributed by atoms with Crippen LogP contribution in [0.2, 0.25) is 0 Å². The molecule has 0 radical (unpaired) electrons. The Morgan fingerprint density at radius 2 is 2.26 bits per heavy atom. The Morgan fingerprint density at radius 3 is 2.89 bits per heavy atom. The lowest BCUT2D eigenvalue weighted by molar-refractivity contribution is 0.288. The number of hydrogen-bond donors (Lipinski definition) is 1. The zero-order valence-electron chi connectivity index (χ0n) is 12.5. The number of rotatable bonds is 5. The third-order valence-electron chi connectivity index (χ3n) is 3.86. The van der Waals surface area contributed by atoms with Gasteiger partial charge in [-0.3, -0.25) is 9.88 Å². The summed E-state index contributed by atoms with van der Waals surface area (Å²) < 4.78 is 5.46. The monoisotopic (exact) mass is 263 g/mol. The molecule has 2 rings (SSSR count). The van der Waals surface area contributed by atoms with Gasteiger partial charge < -0.3 is 10.1 Å². The normalized spacial score (nSPS) is 19.1. The van der Waals surface area contributed by atoms with Gasteiger partial charge in [0.1, 0.15) is 5.75 Å². The van der Waals surface area contributed by atoms with Gasteiger partial charge in [0.25, 0.3) is 0 Å². The van der Waals surface area contributed by atoms with Gasteiger partial charge in [0.05, 0.1) is 12.8 Å². The summed E-state index contributed by atoms with van der Waals surface area (Å²) in [4.78, 5) is 6.90. The summed E-state index contributed by atoms with van der Waals surface area (Å²) >= 11 is 0. The van der Waals surface area contributed by atoms with Gasteiger partial charge in [-0.2, -0.15) is 0 Å². The maximum Gasteiger partial charge on any atom is 0.128 e. The molecular formula is C15H25N3O. The largest absolute Gasteiger partial charge is 0.496 e. The van der Waals surface area contributed by atoms with Gasteiger partial charge in [-0.1, -0.05) is 0 Å². The Morgan fingerprint density at radius 1 is 1.47 bits per heavy atom. The summed E-state index contributed by atoms with van der Waals surface area (Å²) in [6.45, 7) is 7.25. The van der Waals surface area contributed by atoms with Gasteiger partial charge in [0, 0.05) is 36.5 Å². The highest BCUT2D eigenvalue weighted by molar-refractivity contribution is 5.40. The van der Waals surface area contributed by atoms with Crippen molar-refractivity contribution in [1.29, 1.82) is 0 Å². The lowest BCUT2D eigenvalue weighted by atomic mass is 10.1. The first-order valence-corrected chi connectivity index (χ1v) is 7.02. The molecule has 0 bridgehead atoms. The number of methoxy groups -OCH3 is 1. The number of ether oxygens (including phenoxy) is 1. The van der Waals surface area contributed by atoms with Crippen LogP contribution in [0.25, 0.3) is 0 Å². The second-order valence-corrected chi connectivity index (χ2v) is 5.54. The van der Waals surface area contributed by atoms with Crippen molar-refractivity contribution >= 4 is 0 Å². The molecule has 1 fully saturated rings. The molecule has 0 aliphatic carbocycles. The fraction of sp³-hybridized carbons (Fsp3) is 0.667. The van der Waals surface area contributed by atoms with Crippen LogP contribution >= 0.6 is 0 Å². The summed E-state index contributed by atoms with van der Waals surface area (Å²) in [5.41, 5.74) is 3.38.